The van der Waals surface area contributed by atoms with E-state index in [0.29, 0.717) is 0 Å². The standard InChI is InChI=1S/C28H26BrN3O/c1-19-14-15-25(17-26(19)29)32-20(2)16-24(21(32)3)18-30-31-28(33)27(22-10-6-4-7-11-22)23-12-8-5-9-13-23/h4-18,27H,1-3H3,(H,31,33)/b30-18-. The summed E-state index contributed by atoms with van der Waals surface area (Å²) in [6, 6.07) is 27.9. The SMILES string of the molecule is Cc1ccc(-n2c(C)cc(/C=N\NC(=O)C(c3ccccc3)c3ccccc3)c2C)cc1Br. The third kappa shape index (κ3) is 4.99. The molecule has 0 unspecified atom stereocenters. The second kappa shape index (κ2) is 10.0. The number of hydrogen-bond donors (Lipinski definition) is 1. The van der Waals surface area contributed by atoms with Crippen LogP contribution in [0.1, 0.15) is 39.6 Å². The largest absolute Gasteiger partial charge is 0.318 e. The van der Waals surface area contributed by atoms with Crippen LogP contribution in [0.5, 0.6) is 0 Å². The number of aromatic nitrogens is 1. The second-order valence-electron chi connectivity index (χ2n) is 8.08. The number of rotatable bonds is 6. The molecule has 0 aliphatic rings. The van der Waals surface area contributed by atoms with E-state index in [2.05, 4.69) is 76.1 Å². The van der Waals surface area contributed by atoms with Crippen molar-refractivity contribution in [2.24, 2.45) is 5.10 Å². The molecule has 0 saturated heterocycles. The van der Waals surface area contributed by atoms with Gasteiger partial charge in [0.15, 0.2) is 0 Å². The molecule has 0 aliphatic carbocycles. The minimum absolute atomic E-state index is 0.167. The summed E-state index contributed by atoms with van der Waals surface area (Å²) >= 11 is 3.62. The van der Waals surface area contributed by atoms with Gasteiger partial charge in [0, 0.05) is 27.1 Å². The van der Waals surface area contributed by atoms with Crippen LogP contribution >= 0.6 is 15.9 Å². The number of aryl methyl sites for hydroxylation is 2. The number of hydrazone groups is 1. The molecule has 0 fully saturated rings. The number of nitrogens with one attached hydrogen (secondary N) is 1. The van der Waals surface area contributed by atoms with Crippen LogP contribution in [0.3, 0.4) is 0 Å². The summed E-state index contributed by atoms with van der Waals surface area (Å²) in [6.07, 6.45) is 1.72. The molecule has 1 amide bonds. The molecule has 1 N–H and O–H groups in total. The van der Waals surface area contributed by atoms with Crippen LogP contribution in [-0.4, -0.2) is 16.7 Å². The normalized spacial score (nSPS) is 11.3. The third-order valence-electron chi connectivity index (χ3n) is 5.79. The molecule has 3 aromatic carbocycles. The van der Waals surface area contributed by atoms with Gasteiger partial charge in [-0.15, -0.1) is 0 Å². The first-order chi connectivity index (χ1) is 16.0. The molecular weight excluding hydrogens is 474 g/mol. The van der Waals surface area contributed by atoms with Crippen molar-refractivity contribution in [2.45, 2.75) is 26.7 Å². The van der Waals surface area contributed by atoms with Crippen LogP contribution in [0, 0.1) is 20.8 Å². The van der Waals surface area contributed by atoms with E-state index in [-0.39, 0.29) is 5.91 Å². The van der Waals surface area contributed by atoms with Crippen molar-refractivity contribution in [3.63, 3.8) is 0 Å². The summed E-state index contributed by atoms with van der Waals surface area (Å²) < 4.78 is 3.26. The van der Waals surface area contributed by atoms with Gasteiger partial charge in [-0.05, 0) is 55.7 Å². The highest BCUT2D eigenvalue weighted by Gasteiger charge is 2.22. The summed E-state index contributed by atoms with van der Waals surface area (Å²) in [4.78, 5) is 13.1. The van der Waals surface area contributed by atoms with E-state index >= 15 is 0 Å². The molecule has 33 heavy (non-hydrogen) atoms. The van der Waals surface area contributed by atoms with Crippen molar-refractivity contribution >= 4 is 28.1 Å². The van der Waals surface area contributed by atoms with Gasteiger partial charge in [-0.1, -0.05) is 82.7 Å². The fourth-order valence-corrected chi connectivity index (χ4v) is 4.42. The van der Waals surface area contributed by atoms with Crippen LogP contribution in [0.15, 0.2) is 94.5 Å². The number of halogens is 1. The molecule has 0 aliphatic heterocycles. The molecule has 4 nitrogen and oxygen atoms in total. The predicted molar refractivity (Wildman–Crippen MR) is 138 cm³/mol. The molecular formula is C28H26BrN3O. The molecule has 1 aromatic heterocycles. The summed E-state index contributed by atoms with van der Waals surface area (Å²) in [7, 11) is 0. The van der Waals surface area contributed by atoms with Gasteiger partial charge in [0.1, 0.15) is 0 Å². The smallest absolute Gasteiger partial charge is 0.252 e. The Morgan fingerprint density at radius 2 is 1.52 bits per heavy atom. The number of nitrogens with zero attached hydrogens (tertiary/aromatic N) is 2. The Morgan fingerprint density at radius 1 is 0.909 bits per heavy atom. The Balaban J connectivity index is 1.57. The van der Waals surface area contributed by atoms with Gasteiger partial charge < -0.3 is 4.57 Å². The first-order valence-electron chi connectivity index (χ1n) is 10.8. The van der Waals surface area contributed by atoms with E-state index in [1.165, 1.54) is 5.56 Å². The number of benzene rings is 3. The number of carbonyl (C=O) groups excluding carboxylic acids is 1. The van der Waals surface area contributed by atoms with Crippen LogP contribution in [0.25, 0.3) is 5.69 Å². The first-order valence-corrected chi connectivity index (χ1v) is 11.6. The molecule has 1 heterocycles. The predicted octanol–water partition coefficient (Wildman–Crippen LogP) is 6.45. The average molecular weight is 500 g/mol. The van der Waals surface area contributed by atoms with E-state index in [1.807, 2.05) is 60.7 Å². The highest BCUT2D eigenvalue weighted by atomic mass is 79.9. The monoisotopic (exact) mass is 499 g/mol. The van der Waals surface area contributed by atoms with Crippen molar-refractivity contribution in [1.29, 1.82) is 0 Å². The van der Waals surface area contributed by atoms with Gasteiger partial charge in [-0.25, -0.2) is 5.43 Å². The van der Waals surface area contributed by atoms with Crippen LogP contribution in [0.4, 0.5) is 0 Å². The molecule has 5 heteroatoms. The topological polar surface area (TPSA) is 46.4 Å². The zero-order valence-corrected chi connectivity index (χ0v) is 20.5. The van der Waals surface area contributed by atoms with E-state index in [0.717, 1.165) is 38.2 Å². The molecule has 4 aromatic rings. The van der Waals surface area contributed by atoms with Gasteiger partial charge in [0.25, 0.3) is 5.91 Å². The van der Waals surface area contributed by atoms with Crippen molar-refractivity contribution in [3.05, 3.63) is 123 Å². The average Bonchev–Trinajstić information content (AvgIpc) is 3.10. The highest BCUT2D eigenvalue weighted by Crippen LogP contribution is 2.26. The van der Waals surface area contributed by atoms with E-state index in [1.54, 1.807) is 6.21 Å². The molecule has 0 atom stereocenters. The lowest BCUT2D eigenvalue weighted by Crippen LogP contribution is -2.26. The fraction of sp³-hybridized carbons (Fsp3) is 0.143. The van der Waals surface area contributed by atoms with Gasteiger partial charge in [0.05, 0.1) is 12.1 Å². The van der Waals surface area contributed by atoms with Gasteiger partial charge in [0.2, 0.25) is 0 Å². The molecule has 4 rings (SSSR count). The zero-order chi connectivity index (χ0) is 23.4. The summed E-state index contributed by atoms with van der Waals surface area (Å²) in [5.74, 6) is -0.596. The molecule has 166 valence electrons. The Bertz CT molecular complexity index is 1250. The highest BCUT2D eigenvalue weighted by molar-refractivity contribution is 9.10. The van der Waals surface area contributed by atoms with Crippen molar-refractivity contribution < 1.29 is 4.79 Å². The van der Waals surface area contributed by atoms with E-state index in [4.69, 9.17) is 0 Å². The molecule has 0 bridgehead atoms. The Hall–Kier alpha value is -3.44. The fourth-order valence-electron chi connectivity index (χ4n) is 4.05. The third-order valence-corrected chi connectivity index (χ3v) is 6.64. The maximum Gasteiger partial charge on any atom is 0.252 e. The van der Waals surface area contributed by atoms with Crippen molar-refractivity contribution in [1.82, 2.24) is 9.99 Å². The van der Waals surface area contributed by atoms with Gasteiger partial charge in [-0.3, -0.25) is 4.79 Å². The van der Waals surface area contributed by atoms with Crippen LogP contribution in [0.2, 0.25) is 0 Å². The minimum Gasteiger partial charge on any atom is -0.318 e. The number of carbonyl (C=O) groups is 1. The Morgan fingerprint density at radius 3 is 2.09 bits per heavy atom. The second-order valence-corrected chi connectivity index (χ2v) is 8.94. The Labute approximate surface area is 203 Å². The quantitative estimate of drug-likeness (QED) is 0.240. The lowest BCUT2D eigenvalue weighted by Gasteiger charge is -2.16. The summed E-state index contributed by atoms with van der Waals surface area (Å²) in [6.45, 7) is 6.19. The van der Waals surface area contributed by atoms with Crippen molar-refractivity contribution in [3.8, 4) is 5.69 Å². The maximum atomic E-state index is 13.1. The lowest BCUT2D eigenvalue weighted by molar-refractivity contribution is -0.121. The molecule has 0 saturated carbocycles. The minimum atomic E-state index is -0.429. The van der Waals surface area contributed by atoms with Crippen LogP contribution < -0.4 is 5.43 Å². The van der Waals surface area contributed by atoms with E-state index in [9.17, 15) is 4.79 Å². The molecule has 0 spiro atoms. The van der Waals surface area contributed by atoms with Gasteiger partial charge in [-0.2, -0.15) is 5.10 Å². The number of amides is 1. The zero-order valence-electron chi connectivity index (χ0n) is 18.9. The lowest BCUT2D eigenvalue weighted by atomic mass is 9.91. The van der Waals surface area contributed by atoms with Crippen molar-refractivity contribution in [2.75, 3.05) is 0 Å². The first kappa shape index (κ1) is 22.7. The molecule has 0 radical (unpaired) electrons. The summed E-state index contributed by atoms with van der Waals surface area (Å²) in [5.41, 5.74) is 10.0. The van der Waals surface area contributed by atoms with Crippen LogP contribution in [-0.2, 0) is 4.79 Å². The van der Waals surface area contributed by atoms with Gasteiger partial charge >= 0.3 is 0 Å². The summed E-state index contributed by atoms with van der Waals surface area (Å²) in [5, 5.41) is 4.31. The number of hydrogen-bond acceptors (Lipinski definition) is 2. The maximum absolute atomic E-state index is 13.1. The Kier molecular flexibility index (Phi) is 6.90. The van der Waals surface area contributed by atoms with E-state index < -0.39 is 5.92 Å².